The fourth-order valence-corrected chi connectivity index (χ4v) is 8.24. The van der Waals surface area contributed by atoms with Crippen molar-refractivity contribution in [2.75, 3.05) is 0 Å². The molecule has 54 heavy (non-hydrogen) atoms. The number of benzene rings is 8. The van der Waals surface area contributed by atoms with Crippen LogP contribution in [-0.2, 0) is 0 Å². The van der Waals surface area contributed by atoms with Crippen molar-refractivity contribution in [3.63, 3.8) is 0 Å². The molecular formula is C49H34N4O. The number of nitrogens with one attached hydrogen (secondary N) is 2. The third-order valence-electron chi connectivity index (χ3n) is 10.8. The van der Waals surface area contributed by atoms with Gasteiger partial charge in [0.05, 0.1) is 11.0 Å². The van der Waals surface area contributed by atoms with E-state index in [2.05, 4.69) is 185 Å². The van der Waals surface area contributed by atoms with Gasteiger partial charge >= 0.3 is 0 Å². The number of hydrogen-bond donors (Lipinski definition) is 2. The molecule has 0 bridgehead atoms. The number of aliphatic imine (C=N–C) groups is 1. The van der Waals surface area contributed by atoms with Gasteiger partial charge in [0.1, 0.15) is 29.3 Å². The Kier molecular flexibility index (Phi) is 7.00. The lowest BCUT2D eigenvalue weighted by Crippen LogP contribution is -2.45. The molecule has 5 heteroatoms. The van der Waals surface area contributed by atoms with Gasteiger partial charge in [-0.05, 0) is 76.0 Å². The Labute approximate surface area is 311 Å². The van der Waals surface area contributed by atoms with Gasteiger partial charge in [0.2, 0.25) is 0 Å². The summed E-state index contributed by atoms with van der Waals surface area (Å²) in [6.07, 6.45) is -0.555. The Hall–Kier alpha value is -6.95. The van der Waals surface area contributed by atoms with Crippen LogP contribution in [0.1, 0.15) is 29.0 Å². The van der Waals surface area contributed by atoms with Crippen LogP contribution in [0, 0.1) is 0 Å². The zero-order valence-electron chi connectivity index (χ0n) is 29.3. The molecule has 0 spiro atoms. The molecule has 10 aromatic rings. The van der Waals surface area contributed by atoms with E-state index in [4.69, 9.17) is 9.41 Å². The Bertz CT molecular complexity index is 3000. The second-order valence-corrected chi connectivity index (χ2v) is 14.1. The molecule has 0 fully saturated rings. The van der Waals surface area contributed by atoms with Gasteiger partial charge < -0.3 is 14.3 Å². The Morgan fingerprint density at radius 2 is 1.13 bits per heavy atom. The molecule has 0 saturated heterocycles. The largest absolute Gasteiger partial charge is 0.456 e. The van der Waals surface area contributed by atoms with E-state index in [0.29, 0.717) is 0 Å². The third kappa shape index (κ3) is 5.01. The van der Waals surface area contributed by atoms with Crippen molar-refractivity contribution in [2.24, 2.45) is 4.99 Å². The lowest BCUT2D eigenvalue weighted by Gasteiger charge is -2.32. The van der Waals surface area contributed by atoms with Crippen LogP contribution in [0.2, 0.25) is 0 Å². The molecule has 256 valence electrons. The summed E-state index contributed by atoms with van der Waals surface area (Å²) in [5.41, 5.74) is 10.6. The number of hydrogen-bond acceptors (Lipinski definition) is 4. The molecular weight excluding hydrogens is 661 g/mol. The average Bonchev–Trinajstić information content (AvgIpc) is 3.78. The highest BCUT2D eigenvalue weighted by atomic mass is 16.3. The number of fused-ring (bicyclic) bond motifs is 7. The standard InChI is InChI=1S/C49H34N4O/c1-3-13-32(14-4-1)47-50-48(33-15-5-2-6-16-33)52-49(51-47)42-29-36(28-41-40-27-34-17-7-8-18-35(34)30-45(40)54-46(41)42)31-23-25-37(26-24-31)53-43-21-11-9-19-38(43)39-20-10-12-22-44(39)53/h1-30,47,49,51H,(H,50,52). The summed E-state index contributed by atoms with van der Waals surface area (Å²) in [7, 11) is 0. The Balaban J connectivity index is 1.11. The second-order valence-electron chi connectivity index (χ2n) is 14.1. The molecule has 2 atom stereocenters. The average molecular weight is 695 g/mol. The molecule has 0 saturated carbocycles. The second kappa shape index (κ2) is 12.3. The summed E-state index contributed by atoms with van der Waals surface area (Å²) in [5.74, 6) is 0.837. The monoisotopic (exact) mass is 694 g/mol. The summed E-state index contributed by atoms with van der Waals surface area (Å²) in [6.45, 7) is 0. The van der Waals surface area contributed by atoms with Crippen molar-refractivity contribution in [3.8, 4) is 16.8 Å². The summed E-state index contributed by atoms with van der Waals surface area (Å²) in [5, 5.41) is 14.5. The third-order valence-corrected chi connectivity index (χ3v) is 10.8. The van der Waals surface area contributed by atoms with E-state index in [-0.39, 0.29) is 12.3 Å². The molecule has 0 amide bonds. The van der Waals surface area contributed by atoms with E-state index in [0.717, 1.165) is 66.7 Å². The smallest absolute Gasteiger partial charge is 0.142 e. The van der Waals surface area contributed by atoms with Crippen molar-refractivity contribution in [3.05, 3.63) is 199 Å². The highest BCUT2D eigenvalue weighted by Crippen LogP contribution is 2.41. The van der Waals surface area contributed by atoms with Gasteiger partial charge in [0, 0.05) is 38.4 Å². The van der Waals surface area contributed by atoms with E-state index in [1.807, 2.05) is 12.1 Å². The minimum atomic E-state index is -0.388. The molecule has 0 radical (unpaired) electrons. The maximum atomic E-state index is 6.83. The number of rotatable bonds is 5. The van der Waals surface area contributed by atoms with Crippen LogP contribution in [0.4, 0.5) is 0 Å². The summed E-state index contributed by atoms with van der Waals surface area (Å²) >= 11 is 0. The van der Waals surface area contributed by atoms with E-state index >= 15 is 0 Å². The van der Waals surface area contributed by atoms with E-state index in [1.54, 1.807) is 0 Å². The lowest BCUT2D eigenvalue weighted by atomic mass is 9.96. The first-order valence-corrected chi connectivity index (χ1v) is 18.4. The van der Waals surface area contributed by atoms with Crippen LogP contribution in [0.15, 0.2) is 191 Å². The van der Waals surface area contributed by atoms with E-state index < -0.39 is 0 Å². The number of nitrogens with zero attached hydrogens (tertiary/aromatic N) is 2. The molecule has 2 N–H and O–H groups in total. The van der Waals surface area contributed by atoms with Crippen molar-refractivity contribution < 1.29 is 4.42 Å². The van der Waals surface area contributed by atoms with Gasteiger partial charge in [-0.3, -0.25) is 5.32 Å². The predicted octanol–water partition coefficient (Wildman–Crippen LogP) is 11.8. The van der Waals surface area contributed by atoms with Crippen LogP contribution in [0.5, 0.6) is 0 Å². The molecule has 0 aliphatic carbocycles. The number of furan rings is 1. The molecule has 1 aliphatic heterocycles. The van der Waals surface area contributed by atoms with Gasteiger partial charge in [-0.15, -0.1) is 0 Å². The van der Waals surface area contributed by atoms with Gasteiger partial charge in [-0.1, -0.05) is 133 Å². The molecule has 3 heterocycles. The van der Waals surface area contributed by atoms with Crippen LogP contribution in [0.25, 0.3) is 71.3 Å². The number of amidine groups is 1. The molecule has 5 nitrogen and oxygen atoms in total. The van der Waals surface area contributed by atoms with E-state index in [9.17, 15) is 0 Å². The fraction of sp³-hybridized carbons (Fsp3) is 0.0408. The maximum Gasteiger partial charge on any atom is 0.142 e. The normalized spacial score (nSPS) is 16.0. The zero-order chi connectivity index (χ0) is 35.6. The van der Waals surface area contributed by atoms with Gasteiger partial charge in [0.25, 0.3) is 0 Å². The van der Waals surface area contributed by atoms with Gasteiger partial charge in [0.15, 0.2) is 0 Å². The minimum Gasteiger partial charge on any atom is -0.456 e. The van der Waals surface area contributed by atoms with Gasteiger partial charge in [-0.2, -0.15) is 0 Å². The topological polar surface area (TPSA) is 54.5 Å². The molecule has 1 aliphatic rings. The summed E-state index contributed by atoms with van der Waals surface area (Å²) in [4.78, 5) is 5.35. The van der Waals surface area contributed by atoms with Crippen LogP contribution < -0.4 is 10.6 Å². The van der Waals surface area contributed by atoms with Crippen LogP contribution >= 0.6 is 0 Å². The number of aromatic nitrogens is 1. The highest BCUT2D eigenvalue weighted by molar-refractivity contribution is 6.12. The maximum absolute atomic E-state index is 6.83. The van der Waals surface area contributed by atoms with Crippen molar-refractivity contribution in [1.82, 2.24) is 15.2 Å². The first kappa shape index (κ1) is 30.7. The van der Waals surface area contributed by atoms with Crippen molar-refractivity contribution >= 4 is 60.4 Å². The van der Waals surface area contributed by atoms with Crippen LogP contribution in [-0.4, -0.2) is 10.4 Å². The predicted molar refractivity (Wildman–Crippen MR) is 222 cm³/mol. The highest BCUT2D eigenvalue weighted by Gasteiger charge is 2.29. The molecule has 8 aromatic carbocycles. The van der Waals surface area contributed by atoms with E-state index in [1.165, 1.54) is 27.2 Å². The fourth-order valence-electron chi connectivity index (χ4n) is 8.24. The molecule has 11 rings (SSSR count). The quantitative estimate of drug-likeness (QED) is 0.189. The van der Waals surface area contributed by atoms with Crippen molar-refractivity contribution in [2.45, 2.75) is 12.3 Å². The molecule has 2 aromatic heterocycles. The SMILES string of the molecule is c1ccc(C2=NC(c3cc(-c4ccc(-n5c6ccccc6c6ccccc65)cc4)cc4c3oc3cc5ccccc5cc34)NC(c3ccccc3)N2)cc1. The Morgan fingerprint density at radius 3 is 1.85 bits per heavy atom. The minimum absolute atomic E-state index is 0.167. The number of para-hydroxylation sites is 2. The first-order chi connectivity index (χ1) is 26.7. The zero-order valence-corrected chi connectivity index (χ0v) is 29.3. The lowest BCUT2D eigenvalue weighted by molar-refractivity contribution is 0.408. The summed E-state index contributed by atoms with van der Waals surface area (Å²) in [6, 6.07) is 64.5. The van der Waals surface area contributed by atoms with Crippen molar-refractivity contribution in [1.29, 1.82) is 0 Å². The first-order valence-electron chi connectivity index (χ1n) is 18.4. The molecule has 2 unspecified atom stereocenters. The van der Waals surface area contributed by atoms with Crippen LogP contribution in [0.3, 0.4) is 0 Å². The summed E-state index contributed by atoms with van der Waals surface area (Å²) < 4.78 is 9.20. The van der Waals surface area contributed by atoms with Gasteiger partial charge in [-0.25, -0.2) is 4.99 Å². The Morgan fingerprint density at radius 1 is 0.500 bits per heavy atom.